The molecule has 0 aliphatic heterocycles. The average Bonchev–Trinajstić information content (AvgIpc) is 2.11. The molecule has 0 bridgehead atoms. The van der Waals surface area contributed by atoms with Crippen molar-refractivity contribution in [2.45, 2.75) is 26.2 Å². The van der Waals surface area contributed by atoms with Crippen molar-refractivity contribution in [1.29, 1.82) is 0 Å². The van der Waals surface area contributed by atoms with Gasteiger partial charge in [-0.15, -0.1) is 6.42 Å². The minimum atomic E-state index is -0.139. The quantitative estimate of drug-likeness (QED) is 0.340. The summed E-state index contributed by atoms with van der Waals surface area (Å²) in [6, 6.07) is 0. The predicted octanol–water partition coefficient (Wildman–Crippen LogP) is 1.37. The topological polar surface area (TPSA) is 35.5 Å². The second-order valence-corrected chi connectivity index (χ2v) is 2.52. The van der Waals surface area contributed by atoms with Gasteiger partial charge in [-0.2, -0.15) is 0 Å². The molecule has 0 aliphatic carbocycles. The van der Waals surface area contributed by atoms with E-state index in [2.05, 4.69) is 5.92 Å². The number of carbonyl (C=O) groups is 1. The molecule has 0 heterocycles. The van der Waals surface area contributed by atoms with Gasteiger partial charge in [0.05, 0.1) is 6.61 Å². The molecule has 0 aromatic carbocycles. The van der Waals surface area contributed by atoms with Gasteiger partial charge in [0, 0.05) is 13.0 Å². The monoisotopic (exact) mass is 184 g/mol. The van der Waals surface area contributed by atoms with E-state index in [9.17, 15) is 4.79 Å². The fourth-order valence-electron chi connectivity index (χ4n) is 0.838. The molecule has 0 rings (SSSR count). The van der Waals surface area contributed by atoms with E-state index >= 15 is 0 Å². The molecule has 74 valence electrons. The lowest BCUT2D eigenvalue weighted by Gasteiger charge is -2.01. The smallest absolute Gasteiger partial charge is 0.305 e. The van der Waals surface area contributed by atoms with E-state index in [4.69, 9.17) is 15.9 Å². The molecule has 3 nitrogen and oxygen atoms in total. The highest BCUT2D eigenvalue weighted by Gasteiger charge is 1.99. The van der Waals surface area contributed by atoms with Crippen LogP contribution in [0.2, 0.25) is 0 Å². The van der Waals surface area contributed by atoms with Gasteiger partial charge in [0.1, 0.15) is 6.61 Å². The fourth-order valence-corrected chi connectivity index (χ4v) is 0.838. The summed E-state index contributed by atoms with van der Waals surface area (Å²) in [6.07, 6.45) is 7.09. The standard InChI is InChI=1S/C10H16O3/c1-3-8-12-9-6-5-7-10(11)13-4-2/h1H,4-9H2,2H3. The van der Waals surface area contributed by atoms with Crippen molar-refractivity contribution < 1.29 is 14.3 Å². The fraction of sp³-hybridized carbons (Fsp3) is 0.700. The number of unbranched alkanes of at least 4 members (excludes halogenated alkanes) is 1. The van der Waals surface area contributed by atoms with Crippen molar-refractivity contribution in [3.05, 3.63) is 0 Å². The van der Waals surface area contributed by atoms with E-state index < -0.39 is 0 Å². The van der Waals surface area contributed by atoms with Crippen LogP contribution in [0.3, 0.4) is 0 Å². The highest BCUT2D eigenvalue weighted by atomic mass is 16.5. The maximum absolute atomic E-state index is 10.8. The number of rotatable bonds is 7. The van der Waals surface area contributed by atoms with Gasteiger partial charge in [0.25, 0.3) is 0 Å². The molecule has 0 saturated carbocycles. The Labute approximate surface area is 79.4 Å². The Balaban J connectivity index is 3.07. The Morgan fingerprint density at radius 3 is 2.85 bits per heavy atom. The summed E-state index contributed by atoms with van der Waals surface area (Å²) in [7, 11) is 0. The van der Waals surface area contributed by atoms with Crippen LogP contribution >= 0.6 is 0 Å². The van der Waals surface area contributed by atoms with Crippen molar-refractivity contribution in [2.75, 3.05) is 19.8 Å². The summed E-state index contributed by atoms with van der Waals surface area (Å²) in [5, 5.41) is 0. The number of ether oxygens (including phenoxy) is 2. The third kappa shape index (κ3) is 8.90. The summed E-state index contributed by atoms with van der Waals surface area (Å²) in [5.74, 6) is 2.23. The number of esters is 1. The van der Waals surface area contributed by atoms with Gasteiger partial charge in [0.15, 0.2) is 0 Å². The first-order valence-electron chi connectivity index (χ1n) is 4.48. The summed E-state index contributed by atoms with van der Waals surface area (Å²) in [6.45, 7) is 3.21. The van der Waals surface area contributed by atoms with Crippen LogP contribution in [0.15, 0.2) is 0 Å². The molecule has 0 spiro atoms. The van der Waals surface area contributed by atoms with Gasteiger partial charge in [0.2, 0.25) is 0 Å². The third-order valence-electron chi connectivity index (χ3n) is 1.41. The number of terminal acetylenes is 1. The van der Waals surface area contributed by atoms with Crippen LogP contribution in [0.5, 0.6) is 0 Å². The van der Waals surface area contributed by atoms with Gasteiger partial charge in [-0.3, -0.25) is 4.79 Å². The Hall–Kier alpha value is -1.01. The van der Waals surface area contributed by atoms with Crippen LogP contribution in [0.25, 0.3) is 0 Å². The Kier molecular flexibility index (Phi) is 8.38. The molecular weight excluding hydrogens is 168 g/mol. The van der Waals surface area contributed by atoms with E-state index in [1.54, 1.807) is 6.92 Å². The minimum absolute atomic E-state index is 0.139. The van der Waals surface area contributed by atoms with Gasteiger partial charge in [-0.05, 0) is 19.8 Å². The van der Waals surface area contributed by atoms with Crippen molar-refractivity contribution in [2.24, 2.45) is 0 Å². The molecule has 13 heavy (non-hydrogen) atoms. The van der Waals surface area contributed by atoms with E-state index in [0.29, 0.717) is 26.2 Å². The Morgan fingerprint density at radius 2 is 2.23 bits per heavy atom. The molecule has 0 atom stereocenters. The first kappa shape index (κ1) is 12.0. The number of carbonyl (C=O) groups excluding carboxylic acids is 1. The van der Waals surface area contributed by atoms with Crippen molar-refractivity contribution in [1.82, 2.24) is 0 Å². The summed E-state index contributed by atoms with van der Waals surface area (Å²) in [5.41, 5.74) is 0. The second kappa shape index (κ2) is 9.08. The molecule has 0 aliphatic rings. The van der Waals surface area contributed by atoms with E-state index in [-0.39, 0.29) is 5.97 Å². The highest BCUT2D eigenvalue weighted by molar-refractivity contribution is 5.69. The lowest BCUT2D eigenvalue weighted by Crippen LogP contribution is -2.04. The van der Waals surface area contributed by atoms with E-state index in [1.165, 1.54) is 0 Å². The van der Waals surface area contributed by atoms with Gasteiger partial charge >= 0.3 is 5.97 Å². The zero-order chi connectivity index (χ0) is 9.94. The lowest BCUT2D eigenvalue weighted by atomic mass is 10.2. The first-order valence-corrected chi connectivity index (χ1v) is 4.48. The number of hydrogen-bond donors (Lipinski definition) is 0. The van der Waals surface area contributed by atoms with Crippen molar-refractivity contribution >= 4 is 5.97 Å². The number of hydrogen-bond acceptors (Lipinski definition) is 3. The van der Waals surface area contributed by atoms with Crippen LogP contribution < -0.4 is 0 Å². The van der Waals surface area contributed by atoms with Crippen LogP contribution in [0.4, 0.5) is 0 Å². The molecule has 0 amide bonds. The largest absolute Gasteiger partial charge is 0.466 e. The zero-order valence-corrected chi connectivity index (χ0v) is 8.04. The molecule has 0 saturated heterocycles. The molecule has 0 aromatic rings. The van der Waals surface area contributed by atoms with Crippen LogP contribution in [0.1, 0.15) is 26.2 Å². The molecule has 0 unspecified atom stereocenters. The van der Waals surface area contributed by atoms with Gasteiger partial charge < -0.3 is 9.47 Å². The van der Waals surface area contributed by atoms with E-state index in [1.807, 2.05) is 0 Å². The first-order chi connectivity index (χ1) is 6.31. The SMILES string of the molecule is C#CCOCCCCC(=O)OCC. The Morgan fingerprint density at radius 1 is 1.46 bits per heavy atom. The minimum Gasteiger partial charge on any atom is -0.466 e. The summed E-state index contributed by atoms with van der Waals surface area (Å²) < 4.78 is 9.79. The van der Waals surface area contributed by atoms with Gasteiger partial charge in [-0.25, -0.2) is 0 Å². The molecule has 3 heteroatoms. The molecular formula is C10H16O3. The van der Waals surface area contributed by atoms with Crippen LogP contribution in [-0.2, 0) is 14.3 Å². The average molecular weight is 184 g/mol. The normalized spacial score (nSPS) is 9.23. The third-order valence-corrected chi connectivity index (χ3v) is 1.41. The predicted molar refractivity (Wildman–Crippen MR) is 50.1 cm³/mol. The zero-order valence-electron chi connectivity index (χ0n) is 8.04. The van der Waals surface area contributed by atoms with Crippen LogP contribution in [-0.4, -0.2) is 25.8 Å². The molecule has 0 fully saturated rings. The summed E-state index contributed by atoms with van der Waals surface area (Å²) in [4.78, 5) is 10.8. The van der Waals surface area contributed by atoms with Crippen molar-refractivity contribution in [3.8, 4) is 12.3 Å². The van der Waals surface area contributed by atoms with E-state index in [0.717, 1.165) is 12.8 Å². The second-order valence-electron chi connectivity index (χ2n) is 2.52. The molecule has 0 radical (unpaired) electrons. The summed E-state index contributed by atoms with van der Waals surface area (Å²) >= 11 is 0. The van der Waals surface area contributed by atoms with Crippen molar-refractivity contribution in [3.63, 3.8) is 0 Å². The molecule has 0 N–H and O–H groups in total. The van der Waals surface area contributed by atoms with Gasteiger partial charge in [-0.1, -0.05) is 5.92 Å². The Bertz CT molecular complexity index is 169. The maximum atomic E-state index is 10.8. The lowest BCUT2D eigenvalue weighted by molar-refractivity contribution is -0.143. The highest BCUT2D eigenvalue weighted by Crippen LogP contribution is 1.97. The molecule has 0 aromatic heterocycles. The maximum Gasteiger partial charge on any atom is 0.305 e. The van der Waals surface area contributed by atoms with Crippen LogP contribution in [0, 0.1) is 12.3 Å².